The van der Waals surface area contributed by atoms with Crippen molar-refractivity contribution in [3.05, 3.63) is 24.3 Å². The fraction of sp³-hybridized carbons (Fsp3) is 0.556. The van der Waals surface area contributed by atoms with Crippen LogP contribution in [-0.4, -0.2) is 6.54 Å². The molecule has 1 heteroatoms. The molecule has 0 atom stereocenters. The first-order valence-corrected chi connectivity index (χ1v) is 3.81. The van der Waals surface area contributed by atoms with E-state index >= 15 is 0 Å². The van der Waals surface area contributed by atoms with E-state index in [9.17, 15) is 0 Å². The molecule has 0 saturated heterocycles. The zero-order valence-corrected chi connectivity index (χ0v) is 7.35. The van der Waals surface area contributed by atoms with Crippen LogP contribution in [0, 0.1) is 0 Å². The molecule has 1 nitrogen and oxygen atoms in total. The summed E-state index contributed by atoms with van der Waals surface area (Å²) in [5, 5.41) is 0. The second kappa shape index (κ2) is 11.3. The third-order valence-electron chi connectivity index (χ3n) is 0.868. The van der Waals surface area contributed by atoms with Gasteiger partial charge in [-0.2, -0.15) is 0 Å². The van der Waals surface area contributed by atoms with E-state index < -0.39 is 0 Å². The highest BCUT2D eigenvalue weighted by Gasteiger charge is 1.81. The Kier molecular flexibility index (Phi) is 13.7. The third-order valence-corrected chi connectivity index (χ3v) is 0.868. The molecule has 0 aliphatic rings. The Bertz CT molecular complexity index is 92.9. The number of rotatable bonds is 3. The quantitative estimate of drug-likeness (QED) is 0.600. The molecule has 0 amide bonds. The summed E-state index contributed by atoms with van der Waals surface area (Å²) < 4.78 is 0. The molecule has 0 aliphatic carbocycles. The van der Waals surface area contributed by atoms with Crippen LogP contribution >= 0.6 is 0 Å². The summed E-state index contributed by atoms with van der Waals surface area (Å²) in [6.45, 7) is 10.4. The monoisotopic (exact) mass is 141 g/mol. The number of hydrogen-bond donors (Lipinski definition) is 1. The van der Waals surface area contributed by atoms with Gasteiger partial charge in [0.05, 0.1) is 0 Å². The van der Waals surface area contributed by atoms with Gasteiger partial charge in [-0.15, -0.1) is 0 Å². The van der Waals surface area contributed by atoms with E-state index in [1.807, 2.05) is 32.9 Å². The second-order valence-electron chi connectivity index (χ2n) is 1.70. The van der Waals surface area contributed by atoms with E-state index in [0.29, 0.717) is 6.54 Å². The Hall–Kier alpha value is -0.560. The first kappa shape index (κ1) is 12.1. The van der Waals surface area contributed by atoms with Gasteiger partial charge in [-0.25, -0.2) is 0 Å². The van der Waals surface area contributed by atoms with Crippen molar-refractivity contribution in [1.82, 2.24) is 0 Å². The van der Waals surface area contributed by atoms with Crippen molar-refractivity contribution >= 4 is 0 Å². The summed E-state index contributed by atoms with van der Waals surface area (Å²) >= 11 is 0. The second-order valence-corrected chi connectivity index (χ2v) is 1.70. The van der Waals surface area contributed by atoms with E-state index in [4.69, 9.17) is 5.73 Å². The Morgan fingerprint density at radius 2 is 2.00 bits per heavy atom. The summed E-state index contributed by atoms with van der Waals surface area (Å²) in [7, 11) is 0. The molecular formula is C9H19N. The molecule has 0 unspecified atom stereocenters. The third kappa shape index (κ3) is 10.4. The van der Waals surface area contributed by atoms with Crippen molar-refractivity contribution in [1.29, 1.82) is 0 Å². The lowest BCUT2D eigenvalue weighted by molar-refractivity contribution is 0.977. The molecule has 0 aromatic heterocycles. The lowest BCUT2D eigenvalue weighted by Gasteiger charge is -1.91. The van der Waals surface area contributed by atoms with E-state index in [1.165, 1.54) is 0 Å². The van der Waals surface area contributed by atoms with Gasteiger partial charge in [0.25, 0.3) is 0 Å². The molecule has 60 valence electrons. The molecule has 0 radical (unpaired) electrons. The van der Waals surface area contributed by atoms with Gasteiger partial charge < -0.3 is 5.73 Å². The number of nitrogens with two attached hydrogens (primary N) is 1. The van der Waals surface area contributed by atoms with E-state index in [0.717, 1.165) is 12.0 Å². The molecule has 0 rings (SSSR count). The van der Waals surface area contributed by atoms with Crippen LogP contribution in [0.3, 0.4) is 0 Å². The predicted octanol–water partition coefficient (Wildman–Crippen LogP) is 2.49. The Labute approximate surface area is 64.6 Å². The maximum Gasteiger partial charge on any atom is -0.00369 e. The van der Waals surface area contributed by atoms with Gasteiger partial charge in [0.1, 0.15) is 0 Å². The number of allylic oxidation sites excluding steroid dienone is 2. The van der Waals surface area contributed by atoms with Gasteiger partial charge in [-0.3, -0.25) is 0 Å². The van der Waals surface area contributed by atoms with Gasteiger partial charge in [-0.1, -0.05) is 38.2 Å². The van der Waals surface area contributed by atoms with E-state index in [-0.39, 0.29) is 0 Å². The van der Waals surface area contributed by atoms with Crippen molar-refractivity contribution in [2.24, 2.45) is 5.73 Å². The minimum absolute atomic E-state index is 0.698. The first-order valence-electron chi connectivity index (χ1n) is 3.81. The molecule has 0 spiro atoms. The summed E-state index contributed by atoms with van der Waals surface area (Å²) in [6.07, 6.45) is 4.86. The Morgan fingerprint density at radius 3 is 2.30 bits per heavy atom. The Morgan fingerprint density at radius 1 is 1.50 bits per heavy atom. The zero-order chi connectivity index (χ0) is 8.41. The average Bonchev–Trinajstić information content (AvgIpc) is 1.93. The van der Waals surface area contributed by atoms with Gasteiger partial charge in [0.2, 0.25) is 0 Å². The molecule has 0 heterocycles. The van der Waals surface area contributed by atoms with Crippen LogP contribution in [0.4, 0.5) is 0 Å². The van der Waals surface area contributed by atoms with Gasteiger partial charge >= 0.3 is 0 Å². The summed E-state index contributed by atoms with van der Waals surface area (Å²) in [5.41, 5.74) is 6.37. The highest BCUT2D eigenvalue weighted by molar-refractivity contribution is 5.13. The van der Waals surface area contributed by atoms with E-state index in [1.54, 1.807) is 0 Å². The summed E-state index contributed by atoms with van der Waals surface area (Å²) in [6, 6.07) is 0. The fourth-order valence-corrected chi connectivity index (χ4v) is 0.504. The molecule has 2 N–H and O–H groups in total. The zero-order valence-electron chi connectivity index (χ0n) is 7.35. The highest BCUT2D eigenvalue weighted by Crippen LogP contribution is 1.95. The first-order chi connectivity index (χ1) is 4.81. The van der Waals surface area contributed by atoms with Crippen LogP contribution in [0.15, 0.2) is 24.3 Å². The molecule has 0 aromatic carbocycles. The molecule has 0 aromatic rings. The molecule has 0 saturated carbocycles. The number of hydrogen-bond acceptors (Lipinski definition) is 1. The lowest BCUT2D eigenvalue weighted by Crippen LogP contribution is -1.97. The normalized spacial score (nSPS) is 8.80. The van der Waals surface area contributed by atoms with Gasteiger partial charge in [0, 0.05) is 0 Å². The average molecular weight is 141 g/mol. The van der Waals surface area contributed by atoms with Crippen LogP contribution < -0.4 is 5.73 Å². The van der Waals surface area contributed by atoms with Crippen molar-refractivity contribution in [2.45, 2.75) is 27.2 Å². The largest absolute Gasteiger partial charge is 0.330 e. The summed E-state index contributed by atoms with van der Waals surface area (Å²) in [4.78, 5) is 0. The Balaban J connectivity index is 0. The fourth-order valence-electron chi connectivity index (χ4n) is 0.504. The van der Waals surface area contributed by atoms with Crippen molar-refractivity contribution in [3.8, 4) is 0 Å². The smallest absolute Gasteiger partial charge is 0.00369 e. The lowest BCUT2D eigenvalue weighted by atomic mass is 10.2. The maximum atomic E-state index is 5.26. The van der Waals surface area contributed by atoms with Crippen molar-refractivity contribution < 1.29 is 0 Å². The molecule has 0 bridgehead atoms. The van der Waals surface area contributed by atoms with Crippen LogP contribution in [-0.2, 0) is 0 Å². The highest BCUT2D eigenvalue weighted by atomic mass is 14.5. The van der Waals surface area contributed by atoms with Gasteiger partial charge in [-0.05, 0) is 19.9 Å². The van der Waals surface area contributed by atoms with E-state index in [2.05, 4.69) is 6.58 Å². The van der Waals surface area contributed by atoms with Gasteiger partial charge in [0.15, 0.2) is 0 Å². The predicted molar refractivity (Wildman–Crippen MR) is 49.0 cm³/mol. The summed E-state index contributed by atoms with van der Waals surface area (Å²) in [5.74, 6) is 0. The van der Waals surface area contributed by atoms with Crippen molar-refractivity contribution in [2.75, 3.05) is 6.54 Å². The molecule has 10 heavy (non-hydrogen) atoms. The minimum Gasteiger partial charge on any atom is -0.330 e. The van der Waals surface area contributed by atoms with Crippen LogP contribution in [0.25, 0.3) is 0 Å². The van der Waals surface area contributed by atoms with Crippen LogP contribution in [0.5, 0.6) is 0 Å². The molecule has 0 aliphatic heterocycles. The van der Waals surface area contributed by atoms with Crippen LogP contribution in [0.2, 0.25) is 0 Å². The van der Waals surface area contributed by atoms with Crippen LogP contribution in [0.1, 0.15) is 27.2 Å². The molecule has 0 fully saturated rings. The topological polar surface area (TPSA) is 26.0 Å². The standard InChI is InChI=1S/C7H13N.C2H6/c1-3-4-7(2)5-6-8;1-2/h3-4H,2,5-6,8H2,1H3;1-2H3/b4-3-;. The minimum atomic E-state index is 0.698. The van der Waals surface area contributed by atoms with Crippen molar-refractivity contribution in [3.63, 3.8) is 0 Å². The SMILES string of the molecule is C=C(/C=C\C)CCN.CC. The maximum absolute atomic E-state index is 5.26. The molecular weight excluding hydrogens is 122 g/mol.